The molecule has 0 saturated carbocycles. The third kappa shape index (κ3) is 4.66. The average molecular weight is 292 g/mol. The summed E-state index contributed by atoms with van der Waals surface area (Å²) in [4.78, 5) is 14.7. The van der Waals surface area contributed by atoms with Crippen LogP contribution in [0, 0.1) is 0 Å². The van der Waals surface area contributed by atoms with Crippen LogP contribution in [0.2, 0.25) is 0 Å². The molecule has 0 atom stereocenters. The van der Waals surface area contributed by atoms with Crippen molar-refractivity contribution in [3.05, 3.63) is 43.5 Å². The molecule has 0 saturated heterocycles. The average Bonchev–Trinajstić information content (AvgIpc) is 2.45. The minimum Gasteiger partial charge on any atom is -0.496 e. The van der Waals surface area contributed by atoms with Crippen molar-refractivity contribution in [3.8, 4) is 5.75 Å². The van der Waals surface area contributed by atoms with Crippen LogP contribution in [0.5, 0.6) is 5.75 Å². The summed E-state index contributed by atoms with van der Waals surface area (Å²) >= 11 is 1.43. The van der Waals surface area contributed by atoms with Gasteiger partial charge in [0.2, 0.25) is 5.91 Å². The molecule has 0 spiro atoms. The highest BCUT2D eigenvalue weighted by molar-refractivity contribution is 8.00. The van der Waals surface area contributed by atoms with Gasteiger partial charge in [0.05, 0.1) is 12.9 Å². The number of anilines is 1. The number of hydrogen-bond acceptors (Lipinski definition) is 4. The lowest BCUT2D eigenvalue weighted by Crippen LogP contribution is -2.32. The summed E-state index contributed by atoms with van der Waals surface area (Å²) in [6.45, 7) is 8.34. The lowest BCUT2D eigenvalue weighted by atomic mass is 10.3. The number of nitrogens with two attached hydrogens (primary N) is 1. The van der Waals surface area contributed by atoms with E-state index in [0.29, 0.717) is 30.3 Å². The van der Waals surface area contributed by atoms with E-state index in [1.54, 1.807) is 36.3 Å². The number of nitrogens with zero attached hydrogens (tertiary/aromatic N) is 1. The summed E-state index contributed by atoms with van der Waals surface area (Å²) in [7, 11) is 1.59. The van der Waals surface area contributed by atoms with Crippen molar-refractivity contribution in [2.45, 2.75) is 4.90 Å². The Labute approximate surface area is 124 Å². The molecule has 0 fully saturated rings. The fraction of sp³-hybridized carbons (Fsp3) is 0.267. The van der Waals surface area contributed by atoms with E-state index in [1.165, 1.54) is 11.8 Å². The van der Waals surface area contributed by atoms with Crippen molar-refractivity contribution in [2.75, 3.05) is 31.7 Å². The standard InChI is InChI=1S/C15H20N2O2S/c1-4-8-17(9-5-2)15(18)11-20-14-7-6-12(16)10-13(14)19-3/h4-7,10H,1-2,8-9,11,16H2,3H3. The number of amides is 1. The summed E-state index contributed by atoms with van der Waals surface area (Å²) < 4.78 is 5.26. The zero-order chi connectivity index (χ0) is 15.0. The van der Waals surface area contributed by atoms with Crippen LogP contribution in [0.3, 0.4) is 0 Å². The Balaban J connectivity index is 2.68. The molecule has 0 aliphatic carbocycles. The van der Waals surface area contributed by atoms with E-state index in [4.69, 9.17) is 10.5 Å². The van der Waals surface area contributed by atoms with E-state index in [-0.39, 0.29) is 5.91 Å². The van der Waals surface area contributed by atoms with Crippen LogP contribution in [-0.2, 0) is 4.79 Å². The molecule has 0 aromatic heterocycles. The van der Waals surface area contributed by atoms with Crippen LogP contribution in [0.15, 0.2) is 48.4 Å². The summed E-state index contributed by atoms with van der Waals surface area (Å²) in [5.41, 5.74) is 6.34. The zero-order valence-electron chi connectivity index (χ0n) is 11.7. The number of rotatable bonds is 8. The first-order valence-electron chi connectivity index (χ1n) is 6.18. The van der Waals surface area contributed by atoms with E-state index in [0.717, 1.165) is 4.90 Å². The number of methoxy groups -OCH3 is 1. The predicted octanol–water partition coefficient (Wildman–Crippen LogP) is 2.57. The maximum absolute atomic E-state index is 12.1. The highest BCUT2D eigenvalue weighted by atomic mass is 32.2. The van der Waals surface area contributed by atoms with Crippen molar-refractivity contribution < 1.29 is 9.53 Å². The van der Waals surface area contributed by atoms with Gasteiger partial charge in [-0.25, -0.2) is 0 Å². The first kappa shape index (κ1) is 16.2. The maximum Gasteiger partial charge on any atom is 0.233 e. The van der Waals surface area contributed by atoms with Crippen molar-refractivity contribution in [3.63, 3.8) is 0 Å². The molecule has 0 aliphatic heterocycles. The van der Waals surface area contributed by atoms with Gasteiger partial charge in [-0.15, -0.1) is 24.9 Å². The van der Waals surface area contributed by atoms with Crippen LogP contribution < -0.4 is 10.5 Å². The topological polar surface area (TPSA) is 55.6 Å². The molecule has 5 heteroatoms. The van der Waals surface area contributed by atoms with Gasteiger partial charge in [0.25, 0.3) is 0 Å². The Morgan fingerprint density at radius 2 is 2.05 bits per heavy atom. The molecule has 0 unspecified atom stereocenters. The molecule has 1 aromatic carbocycles. The smallest absolute Gasteiger partial charge is 0.233 e. The second-order valence-corrected chi connectivity index (χ2v) is 5.09. The van der Waals surface area contributed by atoms with Crippen molar-refractivity contribution in [1.29, 1.82) is 0 Å². The van der Waals surface area contributed by atoms with E-state index in [1.807, 2.05) is 6.07 Å². The van der Waals surface area contributed by atoms with Gasteiger partial charge in [0, 0.05) is 29.7 Å². The van der Waals surface area contributed by atoms with E-state index < -0.39 is 0 Å². The van der Waals surface area contributed by atoms with Crippen LogP contribution in [0.4, 0.5) is 5.69 Å². The minimum atomic E-state index is 0.0358. The second kappa shape index (κ2) is 8.32. The lowest BCUT2D eigenvalue weighted by molar-refractivity contribution is -0.127. The van der Waals surface area contributed by atoms with E-state index in [9.17, 15) is 4.79 Å². The predicted molar refractivity (Wildman–Crippen MR) is 85.1 cm³/mol. The molecule has 0 heterocycles. The molecule has 0 aliphatic rings. The van der Waals surface area contributed by atoms with Gasteiger partial charge >= 0.3 is 0 Å². The lowest BCUT2D eigenvalue weighted by Gasteiger charge is -2.19. The van der Waals surface area contributed by atoms with Gasteiger partial charge in [-0.3, -0.25) is 4.79 Å². The number of benzene rings is 1. The molecule has 1 rings (SSSR count). The number of carbonyl (C=O) groups excluding carboxylic acids is 1. The number of hydrogen-bond donors (Lipinski definition) is 1. The van der Waals surface area contributed by atoms with Gasteiger partial charge in [-0.05, 0) is 12.1 Å². The molecule has 4 nitrogen and oxygen atoms in total. The number of ether oxygens (including phenoxy) is 1. The Morgan fingerprint density at radius 1 is 1.40 bits per heavy atom. The summed E-state index contributed by atoms with van der Waals surface area (Å²) in [6.07, 6.45) is 3.41. The normalized spacial score (nSPS) is 9.85. The Bertz CT molecular complexity index is 479. The second-order valence-electron chi connectivity index (χ2n) is 4.08. The monoisotopic (exact) mass is 292 g/mol. The largest absolute Gasteiger partial charge is 0.496 e. The third-order valence-corrected chi connectivity index (χ3v) is 3.63. The highest BCUT2D eigenvalue weighted by Gasteiger charge is 2.12. The van der Waals surface area contributed by atoms with Gasteiger partial charge in [-0.2, -0.15) is 0 Å². The van der Waals surface area contributed by atoms with Crippen LogP contribution in [0.25, 0.3) is 0 Å². The van der Waals surface area contributed by atoms with Gasteiger partial charge in [0.1, 0.15) is 5.75 Å². The summed E-state index contributed by atoms with van der Waals surface area (Å²) in [5, 5.41) is 0. The van der Waals surface area contributed by atoms with Crippen molar-refractivity contribution >= 4 is 23.4 Å². The molecule has 0 radical (unpaired) electrons. The number of carbonyl (C=O) groups is 1. The summed E-state index contributed by atoms with van der Waals surface area (Å²) in [5.74, 6) is 1.05. The first-order valence-corrected chi connectivity index (χ1v) is 7.16. The molecular weight excluding hydrogens is 272 g/mol. The third-order valence-electron chi connectivity index (χ3n) is 2.59. The van der Waals surface area contributed by atoms with Gasteiger partial charge < -0.3 is 15.4 Å². The van der Waals surface area contributed by atoms with Crippen molar-refractivity contribution in [1.82, 2.24) is 4.90 Å². The van der Waals surface area contributed by atoms with Gasteiger partial charge in [-0.1, -0.05) is 12.2 Å². The minimum absolute atomic E-state index is 0.0358. The SMILES string of the molecule is C=CCN(CC=C)C(=O)CSc1ccc(N)cc1OC. The van der Waals surface area contributed by atoms with E-state index in [2.05, 4.69) is 13.2 Å². The highest BCUT2D eigenvalue weighted by Crippen LogP contribution is 2.31. The molecule has 20 heavy (non-hydrogen) atoms. The number of thioether (sulfide) groups is 1. The van der Waals surface area contributed by atoms with Crippen LogP contribution in [-0.4, -0.2) is 36.8 Å². The van der Waals surface area contributed by atoms with Crippen molar-refractivity contribution in [2.24, 2.45) is 0 Å². The quantitative estimate of drug-likeness (QED) is 0.454. The Hall–Kier alpha value is -1.88. The van der Waals surface area contributed by atoms with Crippen LogP contribution >= 0.6 is 11.8 Å². The Morgan fingerprint density at radius 3 is 2.60 bits per heavy atom. The number of nitrogen functional groups attached to an aromatic ring is 1. The fourth-order valence-electron chi connectivity index (χ4n) is 1.62. The van der Waals surface area contributed by atoms with Gasteiger partial charge in [0.15, 0.2) is 0 Å². The summed E-state index contributed by atoms with van der Waals surface area (Å²) in [6, 6.07) is 5.40. The maximum atomic E-state index is 12.1. The Kier molecular flexibility index (Phi) is 6.73. The molecule has 2 N–H and O–H groups in total. The van der Waals surface area contributed by atoms with E-state index >= 15 is 0 Å². The first-order chi connectivity index (χ1) is 9.62. The molecule has 0 bridgehead atoms. The molecular formula is C15H20N2O2S. The van der Waals surface area contributed by atoms with Crippen LogP contribution in [0.1, 0.15) is 0 Å². The zero-order valence-corrected chi connectivity index (χ0v) is 12.5. The molecule has 1 amide bonds. The molecule has 108 valence electrons. The molecule has 1 aromatic rings. The fourth-order valence-corrected chi connectivity index (χ4v) is 2.53.